The van der Waals surface area contributed by atoms with Crippen molar-refractivity contribution in [1.29, 1.82) is 0 Å². The molecule has 0 fully saturated rings. The van der Waals surface area contributed by atoms with E-state index in [-0.39, 0.29) is 10.7 Å². The van der Waals surface area contributed by atoms with Crippen LogP contribution in [0.1, 0.15) is 20.3 Å². The molecule has 0 saturated heterocycles. The highest BCUT2D eigenvalue weighted by molar-refractivity contribution is 7.89. The van der Waals surface area contributed by atoms with Crippen molar-refractivity contribution >= 4 is 33.2 Å². The van der Waals surface area contributed by atoms with Gasteiger partial charge in [-0.3, -0.25) is 4.79 Å². The Morgan fingerprint density at radius 3 is 2.67 bits per heavy atom. The highest BCUT2D eigenvalue weighted by atomic mass is 35.5. The number of hydrogen-bond acceptors (Lipinski definition) is 4. The first-order chi connectivity index (χ1) is 9.69. The number of nitrogen functional groups attached to an aromatic ring is 1. The average molecular weight is 338 g/mol. The molecule has 1 rings (SSSR count). The molecule has 6 nitrogen and oxygen atoms in total. The number of anilines is 1. The predicted octanol–water partition coefficient (Wildman–Crippen LogP) is 1.25. The van der Waals surface area contributed by atoms with E-state index in [9.17, 15) is 17.6 Å². The molecule has 0 aliphatic rings. The first-order valence-electron chi connectivity index (χ1n) is 6.23. The molecule has 0 bridgehead atoms. The van der Waals surface area contributed by atoms with Crippen molar-refractivity contribution in [2.75, 3.05) is 12.3 Å². The summed E-state index contributed by atoms with van der Waals surface area (Å²) in [5.74, 6) is -1.61. The number of nitrogens with two attached hydrogens (primary N) is 1. The van der Waals surface area contributed by atoms with Gasteiger partial charge in [0.2, 0.25) is 15.9 Å². The third-order valence-electron chi connectivity index (χ3n) is 2.60. The monoisotopic (exact) mass is 337 g/mol. The molecule has 0 heterocycles. The Balaban J connectivity index is 3.00. The Morgan fingerprint density at radius 2 is 2.10 bits per heavy atom. The lowest BCUT2D eigenvalue weighted by atomic mass is 10.3. The van der Waals surface area contributed by atoms with E-state index in [4.69, 9.17) is 17.3 Å². The highest BCUT2D eigenvalue weighted by Gasteiger charge is 2.26. The first-order valence-corrected chi connectivity index (χ1v) is 8.09. The van der Waals surface area contributed by atoms with Crippen LogP contribution in [-0.2, 0) is 14.8 Å². The van der Waals surface area contributed by atoms with Crippen LogP contribution in [0, 0.1) is 5.82 Å². The molecule has 1 aromatic carbocycles. The zero-order valence-corrected chi connectivity index (χ0v) is 13.2. The van der Waals surface area contributed by atoms with Gasteiger partial charge in [-0.05, 0) is 25.5 Å². The molecule has 1 atom stereocenters. The van der Waals surface area contributed by atoms with Gasteiger partial charge in [-0.1, -0.05) is 18.5 Å². The number of carbonyl (C=O) groups excluding carboxylic acids is 1. The highest BCUT2D eigenvalue weighted by Crippen LogP contribution is 2.25. The quantitative estimate of drug-likeness (QED) is 0.680. The van der Waals surface area contributed by atoms with Crippen molar-refractivity contribution in [3.05, 3.63) is 23.0 Å². The molecule has 4 N–H and O–H groups in total. The van der Waals surface area contributed by atoms with Crippen molar-refractivity contribution in [3.8, 4) is 0 Å². The standard InChI is InChI=1S/C12H17ClFN3O3S/c1-3-4-16-12(18)7(2)17-21(19,20)10-6-8(13)5-9(15)11(10)14/h5-7,17H,3-4,15H2,1-2H3,(H,16,18). The molecule has 1 aromatic rings. The van der Waals surface area contributed by atoms with E-state index in [1.807, 2.05) is 6.92 Å². The van der Waals surface area contributed by atoms with Crippen molar-refractivity contribution in [1.82, 2.24) is 10.0 Å². The molecule has 0 aliphatic heterocycles. The molecule has 0 aliphatic carbocycles. The van der Waals surface area contributed by atoms with Gasteiger partial charge in [0.05, 0.1) is 11.7 Å². The fraction of sp³-hybridized carbons (Fsp3) is 0.417. The zero-order chi connectivity index (χ0) is 16.2. The third kappa shape index (κ3) is 4.55. The summed E-state index contributed by atoms with van der Waals surface area (Å²) in [5.41, 5.74) is 4.96. The Hall–Kier alpha value is -1.38. The number of rotatable bonds is 6. The molecule has 0 aromatic heterocycles. The number of benzene rings is 1. The maximum Gasteiger partial charge on any atom is 0.244 e. The van der Waals surface area contributed by atoms with Gasteiger partial charge >= 0.3 is 0 Å². The lowest BCUT2D eigenvalue weighted by Crippen LogP contribution is -2.45. The van der Waals surface area contributed by atoms with Gasteiger partial charge < -0.3 is 11.1 Å². The second kappa shape index (κ2) is 7.06. The summed E-state index contributed by atoms with van der Waals surface area (Å²) in [6, 6.07) is 0.987. The number of sulfonamides is 1. The van der Waals surface area contributed by atoms with Crippen molar-refractivity contribution in [2.45, 2.75) is 31.2 Å². The number of carbonyl (C=O) groups is 1. The first kappa shape index (κ1) is 17.7. The fourth-order valence-corrected chi connectivity index (χ4v) is 3.16. The van der Waals surface area contributed by atoms with Crippen LogP contribution in [0.15, 0.2) is 17.0 Å². The van der Waals surface area contributed by atoms with Gasteiger partial charge in [0.1, 0.15) is 4.90 Å². The lowest BCUT2D eigenvalue weighted by Gasteiger charge is -2.15. The summed E-state index contributed by atoms with van der Waals surface area (Å²) in [6.07, 6.45) is 0.713. The molecule has 0 radical (unpaired) electrons. The van der Waals surface area contributed by atoms with E-state index < -0.39 is 32.7 Å². The van der Waals surface area contributed by atoms with Gasteiger partial charge in [-0.15, -0.1) is 0 Å². The molecule has 21 heavy (non-hydrogen) atoms. The third-order valence-corrected chi connectivity index (χ3v) is 4.35. The second-order valence-corrected chi connectivity index (χ2v) is 6.56. The number of halogens is 2. The van der Waals surface area contributed by atoms with Gasteiger partial charge in [-0.2, -0.15) is 4.72 Å². The van der Waals surface area contributed by atoms with Gasteiger partial charge in [0.15, 0.2) is 5.82 Å². The summed E-state index contributed by atoms with van der Waals surface area (Å²) in [4.78, 5) is 11.0. The zero-order valence-electron chi connectivity index (χ0n) is 11.6. The van der Waals surface area contributed by atoms with Gasteiger partial charge in [0.25, 0.3) is 0 Å². The summed E-state index contributed by atoms with van der Waals surface area (Å²) in [7, 11) is -4.26. The number of hydrogen-bond donors (Lipinski definition) is 3. The Morgan fingerprint density at radius 1 is 1.48 bits per heavy atom. The number of amides is 1. The second-order valence-electron chi connectivity index (χ2n) is 4.44. The van der Waals surface area contributed by atoms with E-state index in [0.717, 1.165) is 12.1 Å². The van der Waals surface area contributed by atoms with E-state index >= 15 is 0 Å². The topological polar surface area (TPSA) is 101 Å². The minimum atomic E-state index is -4.26. The van der Waals surface area contributed by atoms with Crippen LogP contribution in [0.25, 0.3) is 0 Å². The maximum absolute atomic E-state index is 13.8. The molecule has 0 saturated carbocycles. The molecule has 1 amide bonds. The molecular formula is C12H17ClFN3O3S. The SMILES string of the molecule is CCCNC(=O)C(C)NS(=O)(=O)c1cc(Cl)cc(N)c1F. The summed E-state index contributed by atoms with van der Waals surface area (Å²) in [5, 5.41) is 2.52. The maximum atomic E-state index is 13.8. The summed E-state index contributed by atoms with van der Waals surface area (Å²) < 4.78 is 40.1. The van der Waals surface area contributed by atoms with Crippen molar-refractivity contribution in [3.63, 3.8) is 0 Å². The summed E-state index contributed by atoms with van der Waals surface area (Å²) >= 11 is 5.68. The Labute approximate surface area is 127 Å². The van der Waals surface area contributed by atoms with Gasteiger partial charge in [-0.25, -0.2) is 12.8 Å². The molecule has 118 valence electrons. The van der Waals surface area contributed by atoms with E-state index in [1.165, 1.54) is 6.92 Å². The normalized spacial score (nSPS) is 13.0. The molecule has 0 spiro atoms. The van der Waals surface area contributed by atoms with Crippen molar-refractivity contribution in [2.24, 2.45) is 0 Å². The molecule has 9 heteroatoms. The predicted molar refractivity (Wildman–Crippen MR) is 78.9 cm³/mol. The summed E-state index contributed by atoms with van der Waals surface area (Å²) in [6.45, 7) is 3.64. The van der Waals surface area contributed by atoms with E-state index in [1.54, 1.807) is 0 Å². The molecule has 1 unspecified atom stereocenters. The lowest BCUT2D eigenvalue weighted by molar-refractivity contribution is -0.122. The van der Waals surface area contributed by atoms with Crippen LogP contribution in [0.2, 0.25) is 5.02 Å². The Kier molecular flexibility index (Phi) is 5.94. The van der Waals surface area contributed by atoms with Crippen LogP contribution in [0.4, 0.5) is 10.1 Å². The van der Waals surface area contributed by atoms with Crippen LogP contribution >= 0.6 is 11.6 Å². The molecular weight excluding hydrogens is 321 g/mol. The average Bonchev–Trinajstić information content (AvgIpc) is 2.39. The smallest absolute Gasteiger partial charge is 0.244 e. The Bertz CT molecular complexity index is 637. The largest absolute Gasteiger partial charge is 0.396 e. The van der Waals surface area contributed by atoms with Crippen LogP contribution in [0.5, 0.6) is 0 Å². The minimum absolute atomic E-state index is 0.0163. The van der Waals surface area contributed by atoms with E-state index in [0.29, 0.717) is 13.0 Å². The van der Waals surface area contributed by atoms with Crippen LogP contribution in [0.3, 0.4) is 0 Å². The van der Waals surface area contributed by atoms with Crippen LogP contribution < -0.4 is 15.8 Å². The number of nitrogens with one attached hydrogen (secondary N) is 2. The van der Waals surface area contributed by atoms with Crippen LogP contribution in [-0.4, -0.2) is 26.9 Å². The van der Waals surface area contributed by atoms with E-state index in [2.05, 4.69) is 10.0 Å². The van der Waals surface area contributed by atoms with Gasteiger partial charge in [0, 0.05) is 11.6 Å². The van der Waals surface area contributed by atoms with Crippen molar-refractivity contribution < 1.29 is 17.6 Å². The fourth-order valence-electron chi connectivity index (χ4n) is 1.53. The minimum Gasteiger partial charge on any atom is -0.396 e.